The fourth-order valence-electron chi connectivity index (χ4n) is 4.51. The van der Waals surface area contributed by atoms with Gasteiger partial charge in [-0.1, -0.05) is 42.5 Å². The third-order valence-corrected chi connectivity index (χ3v) is 6.60. The number of para-hydroxylation sites is 2. The van der Waals surface area contributed by atoms with Crippen molar-refractivity contribution in [1.82, 2.24) is 5.32 Å². The first kappa shape index (κ1) is 22.0. The largest absolute Gasteiger partial charge is 0.445 e. The van der Waals surface area contributed by atoms with Crippen LogP contribution in [0.15, 0.2) is 66.7 Å². The van der Waals surface area contributed by atoms with E-state index in [9.17, 15) is 9.59 Å². The Morgan fingerprint density at radius 2 is 1.79 bits per heavy atom. The molecule has 0 aliphatic heterocycles. The molecule has 1 fully saturated rings. The van der Waals surface area contributed by atoms with E-state index < -0.39 is 6.09 Å². The highest BCUT2D eigenvalue weighted by Gasteiger charge is 2.34. The molecule has 0 bridgehead atoms. The fraction of sp³-hybridized carbons (Fsp3) is 0.259. The van der Waals surface area contributed by atoms with Crippen molar-refractivity contribution < 1.29 is 14.3 Å². The van der Waals surface area contributed by atoms with Gasteiger partial charge in [-0.05, 0) is 65.8 Å². The number of rotatable bonds is 6. The molecular formula is C27H28N4O3. The summed E-state index contributed by atoms with van der Waals surface area (Å²) in [5, 5.41) is 5.80. The van der Waals surface area contributed by atoms with Crippen molar-refractivity contribution in [1.29, 1.82) is 0 Å². The van der Waals surface area contributed by atoms with Gasteiger partial charge in [-0.25, -0.2) is 4.79 Å². The molecule has 2 amide bonds. The van der Waals surface area contributed by atoms with Gasteiger partial charge in [0.1, 0.15) is 6.61 Å². The number of carbonyl (C=O) groups is 2. The van der Waals surface area contributed by atoms with Crippen LogP contribution >= 0.6 is 0 Å². The van der Waals surface area contributed by atoms with Gasteiger partial charge in [0.25, 0.3) is 5.91 Å². The number of nitrogens with one attached hydrogen (secondary N) is 2. The number of nitrogen functional groups attached to an aromatic ring is 1. The van der Waals surface area contributed by atoms with Gasteiger partial charge in [0.15, 0.2) is 0 Å². The molecule has 0 heterocycles. The summed E-state index contributed by atoms with van der Waals surface area (Å²) in [4.78, 5) is 25.1. The van der Waals surface area contributed by atoms with Crippen molar-refractivity contribution in [2.24, 2.45) is 5.73 Å². The SMILES string of the molecule is Nc1ccccc1NC(=O)c1ccc2c(c1)CC[C@@H]2NC(=O)OCc1ccc([C@@H]2C[C@H]2N)cc1. The van der Waals surface area contributed by atoms with Crippen LogP contribution < -0.4 is 22.1 Å². The van der Waals surface area contributed by atoms with Gasteiger partial charge in [0.05, 0.1) is 17.4 Å². The van der Waals surface area contributed by atoms with E-state index in [0.717, 1.165) is 36.0 Å². The minimum atomic E-state index is -0.451. The number of ether oxygens (including phenoxy) is 1. The molecule has 34 heavy (non-hydrogen) atoms. The molecule has 174 valence electrons. The highest BCUT2D eigenvalue weighted by molar-refractivity contribution is 6.05. The highest BCUT2D eigenvalue weighted by Crippen LogP contribution is 2.38. The van der Waals surface area contributed by atoms with Gasteiger partial charge in [-0.15, -0.1) is 0 Å². The number of amides is 2. The zero-order valence-corrected chi connectivity index (χ0v) is 18.8. The van der Waals surface area contributed by atoms with E-state index in [0.29, 0.717) is 22.9 Å². The lowest BCUT2D eigenvalue weighted by Gasteiger charge is -2.15. The lowest BCUT2D eigenvalue weighted by Crippen LogP contribution is -2.27. The van der Waals surface area contributed by atoms with Crippen LogP contribution in [0, 0.1) is 0 Å². The molecule has 5 rings (SSSR count). The smallest absolute Gasteiger partial charge is 0.407 e. The van der Waals surface area contributed by atoms with E-state index in [1.807, 2.05) is 36.4 Å². The zero-order chi connectivity index (χ0) is 23.7. The number of alkyl carbamates (subject to hydrolysis) is 1. The first-order valence-electron chi connectivity index (χ1n) is 11.5. The maximum absolute atomic E-state index is 12.7. The quantitative estimate of drug-likeness (QED) is 0.414. The molecule has 0 aromatic heterocycles. The van der Waals surface area contributed by atoms with Crippen LogP contribution in [0.5, 0.6) is 0 Å². The van der Waals surface area contributed by atoms with E-state index in [2.05, 4.69) is 22.8 Å². The lowest BCUT2D eigenvalue weighted by atomic mass is 10.0. The van der Waals surface area contributed by atoms with Crippen LogP contribution in [0.25, 0.3) is 0 Å². The first-order chi connectivity index (χ1) is 16.5. The first-order valence-corrected chi connectivity index (χ1v) is 11.5. The van der Waals surface area contributed by atoms with E-state index in [-0.39, 0.29) is 24.6 Å². The van der Waals surface area contributed by atoms with Crippen LogP contribution in [-0.4, -0.2) is 18.0 Å². The molecule has 6 N–H and O–H groups in total. The molecule has 2 aliphatic rings. The summed E-state index contributed by atoms with van der Waals surface area (Å²) in [5.41, 5.74) is 17.7. The second-order valence-electron chi connectivity index (χ2n) is 9.01. The van der Waals surface area contributed by atoms with Gasteiger partial charge in [-0.2, -0.15) is 0 Å². The summed E-state index contributed by atoms with van der Waals surface area (Å²) in [6.45, 7) is 0.212. The van der Waals surface area contributed by atoms with Crippen molar-refractivity contribution in [2.45, 2.75) is 43.9 Å². The molecule has 0 saturated heterocycles. The zero-order valence-electron chi connectivity index (χ0n) is 18.8. The monoisotopic (exact) mass is 456 g/mol. The number of nitrogens with two attached hydrogens (primary N) is 2. The third kappa shape index (κ3) is 4.75. The molecule has 0 radical (unpaired) electrons. The number of aryl methyl sites for hydroxylation is 1. The van der Waals surface area contributed by atoms with Crippen LogP contribution in [-0.2, 0) is 17.8 Å². The molecule has 3 aromatic carbocycles. The molecular weight excluding hydrogens is 428 g/mol. The molecule has 3 aromatic rings. The summed E-state index contributed by atoms with van der Waals surface area (Å²) < 4.78 is 5.43. The Bertz CT molecular complexity index is 1220. The second kappa shape index (κ2) is 9.19. The standard InChI is InChI=1S/C27H28N4O3/c28-22-3-1-2-4-25(22)30-26(32)19-9-11-20-18(13-19)10-12-24(20)31-27(33)34-15-16-5-7-17(8-6-16)21-14-23(21)29/h1-9,11,13,21,23-24H,10,12,14-15,28-29H2,(H,30,32)(H,31,33)/t21-,23+,24-/m0/s1. The summed E-state index contributed by atoms with van der Waals surface area (Å²) in [6.07, 6.45) is 2.12. The van der Waals surface area contributed by atoms with Gasteiger partial charge >= 0.3 is 6.09 Å². The molecule has 1 saturated carbocycles. The summed E-state index contributed by atoms with van der Waals surface area (Å²) in [7, 11) is 0. The molecule has 0 spiro atoms. The Kier molecular flexibility index (Phi) is 5.94. The Balaban J connectivity index is 1.16. The molecule has 3 atom stereocenters. The fourth-order valence-corrected chi connectivity index (χ4v) is 4.51. The van der Waals surface area contributed by atoms with E-state index >= 15 is 0 Å². The summed E-state index contributed by atoms with van der Waals surface area (Å²) in [5.74, 6) is 0.245. The topological polar surface area (TPSA) is 119 Å². The Morgan fingerprint density at radius 1 is 1.03 bits per heavy atom. The maximum atomic E-state index is 12.7. The van der Waals surface area contributed by atoms with Crippen LogP contribution in [0.1, 0.15) is 57.4 Å². The number of anilines is 2. The van der Waals surface area contributed by atoms with Crippen molar-refractivity contribution in [2.75, 3.05) is 11.1 Å². The van der Waals surface area contributed by atoms with Crippen LogP contribution in [0.4, 0.5) is 16.2 Å². The number of carbonyl (C=O) groups excluding carboxylic acids is 2. The molecule has 7 nitrogen and oxygen atoms in total. The Morgan fingerprint density at radius 3 is 2.53 bits per heavy atom. The molecule has 2 aliphatic carbocycles. The van der Waals surface area contributed by atoms with Crippen molar-refractivity contribution in [3.05, 3.63) is 94.5 Å². The van der Waals surface area contributed by atoms with Crippen molar-refractivity contribution >= 4 is 23.4 Å². The Labute approximate surface area is 198 Å². The predicted octanol–water partition coefficient (Wildman–Crippen LogP) is 4.25. The predicted molar refractivity (Wildman–Crippen MR) is 131 cm³/mol. The third-order valence-electron chi connectivity index (χ3n) is 6.60. The number of hydrogen-bond acceptors (Lipinski definition) is 5. The van der Waals surface area contributed by atoms with Gasteiger partial charge < -0.3 is 26.8 Å². The Hall–Kier alpha value is -3.84. The minimum absolute atomic E-state index is 0.136. The summed E-state index contributed by atoms with van der Waals surface area (Å²) >= 11 is 0. The van der Waals surface area contributed by atoms with Crippen molar-refractivity contribution in [3.63, 3.8) is 0 Å². The van der Waals surface area contributed by atoms with Gasteiger partial charge in [0.2, 0.25) is 0 Å². The lowest BCUT2D eigenvalue weighted by molar-refractivity contribution is 0.102. The van der Waals surface area contributed by atoms with Crippen molar-refractivity contribution in [3.8, 4) is 0 Å². The van der Waals surface area contributed by atoms with Crippen LogP contribution in [0.2, 0.25) is 0 Å². The maximum Gasteiger partial charge on any atom is 0.407 e. The number of hydrogen-bond donors (Lipinski definition) is 4. The average Bonchev–Trinajstić information content (AvgIpc) is 3.45. The number of benzene rings is 3. The molecule has 7 heteroatoms. The highest BCUT2D eigenvalue weighted by atomic mass is 16.5. The van der Waals surface area contributed by atoms with E-state index in [1.165, 1.54) is 5.56 Å². The van der Waals surface area contributed by atoms with Gasteiger partial charge in [0, 0.05) is 17.5 Å². The van der Waals surface area contributed by atoms with Gasteiger partial charge in [-0.3, -0.25) is 4.79 Å². The summed E-state index contributed by atoms with van der Waals surface area (Å²) in [6, 6.07) is 20.9. The normalized spacial score (nSPS) is 20.3. The average molecular weight is 457 g/mol. The minimum Gasteiger partial charge on any atom is -0.445 e. The molecule has 0 unspecified atom stereocenters. The van der Waals surface area contributed by atoms with E-state index in [4.69, 9.17) is 16.2 Å². The van der Waals surface area contributed by atoms with E-state index in [1.54, 1.807) is 18.2 Å². The number of fused-ring (bicyclic) bond motifs is 1. The van der Waals surface area contributed by atoms with Crippen LogP contribution in [0.3, 0.4) is 0 Å². The second-order valence-corrected chi connectivity index (χ2v) is 9.01.